The van der Waals surface area contributed by atoms with Crippen LogP contribution in [-0.2, 0) is 11.2 Å². The number of para-hydroxylation sites is 1. The van der Waals surface area contributed by atoms with Gasteiger partial charge in [-0.3, -0.25) is 4.79 Å². The van der Waals surface area contributed by atoms with E-state index in [2.05, 4.69) is 19.1 Å². The minimum absolute atomic E-state index is 0.239. The zero-order chi connectivity index (χ0) is 13.0. The Balaban J connectivity index is 2.13. The maximum absolute atomic E-state index is 12.3. The molecule has 2 N–H and O–H groups in total. The van der Waals surface area contributed by atoms with Crippen LogP contribution in [0.15, 0.2) is 24.3 Å². The Hall–Kier alpha value is -1.35. The number of hydrogen-bond donors (Lipinski definition) is 1. The summed E-state index contributed by atoms with van der Waals surface area (Å²) >= 11 is 0. The molecular weight excluding hydrogens is 224 g/mol. The second kappa shape index (κ2) is 6.01. The highest BCUT2D eigenvalue weighted by molar-refractivity contribution is 5.95. The third-order valence-electron chi connectivity index (χ3n) is 3.64. The number of unbranched alkanes of at least 4 members (excludes halogenated alkanes) is 1. The van der Waals surface area contributed by atoms with Crippen LogP contribution in [-0.4, -0.2) is 18.5 Å². The first-order chi connectivity index (χ1) is 8.74. The second-order valence-electron chi connectivity index (χ2n) is 5.03. The van der Waals surface area contributed by atoms with Gasteiger partial charge in [-0.2, -0.15) is 0 Å². The molecule has 1 aromatic carbocycles. The van der Waals surface area contributed by atoms with E-state index in [4.69, 9.17) is 5.73 Å². The number of aryl methyl sites for hydroxylation is 1. The third kappa shape index (κ3) is 2.72. The normalized spacial score (nSPS) is 18.6. The molecule has 0 aliphatic carbocycles. The lowest BCUT2D eigenvalue weighted by Gasteiger charge is -2.35. The summed E-state index contributed by atoms with van der Waals surface area (Å²) in [6, 6.07) is 8.56. The van der Waals surface area contributed by atoms with Crippen LogP contribution in [0, 0.1) is 0 Å². The van der Waals surface area contributed by atoms with Gasteiger partial charge in [0.2, 0.25) is 5.91 Å². The molecule has 0 fully saturated rings. The quantitative estimate of drug-likeness (QED) is 0.830. The van der Waals surface area contributed by atoms with Crippen molar-refractivity contribution < 1.29 is 4.79 Å². The van der Waals surface area contributed by atoms with Gasteiger partial charge in [-0.15, -0.1) is 0 Å². The molecule has 0 bridgehead atoms. The molecule has 0 aromatic heterocycles. The highest BCUT2D eigenvalue weighted by Gasteiger charge is 2.27. The molecule has 3 heteroatoms. The zero-order valence-corrected chi connectivity index (χ0v) is 11.1. The molecule has 0 radical (unpaired) electrons. The number of hydrogen-bond acceptors (Lipinski definition) is 2. The summed E-state index contributed by atoms with van der Waals surface area (Å²) < 4.78 is 0. The third-order valence-corrected chi connectivity index (χ3v) is 3.64. The van der Waals surface area contributed by atoms with Crippen LogP contribution in [0.4, 0.5) is 5.69 Å². The molecule has 18 heavy (non-hydrogen) atoms. The van der Waals surface area contributed by atoms with Crippen molar-refractivity contribution in [1.82, 2.24) is 0 Å². The number of carbonyl (C=O) groups is 1. The summed E-state index contributed by atoms with van der Waals surface area (Å²) in [7, 11) is 0. The van der Waals surface area contributed by atoms with E-state index in [1.807, 2.05) is 17.0 Å². The first kappa shape index (κ1) is 13.1. The van der Waals surface area contributed by atoms with Crippen LogP contribution in [0.2, 0.25) is 0 Å². The highest BCUT2D eigenvalue weighted by Crippen LogP contribution is 2.31. The maximum atomic E-state index is 12.3. The first-order valence-corrected chi connectivity index (χ1v) is 6.84. The molecule has 3 nitrogen and oxygen atoms in total. The molecule has 1 aliphatic rings. The van der Waals surface area contributed by atoms with Gasteiger partial charge >= 0.3 is 0 Å². The van der Waals surface area contributed by atoms with E-state index in [0.29, 0.717) is 19.0 Å². The van der Waals surface area contributed by atoms with Crippen molar-refractivity contribution in [2.45, 2.75) is 45.1 Å². The van der Waals surface area contributed by atoms with Crippen molar-refractivity contribution in [3.05, 3.63) is 29.8 Å². The van der Waals surface area contributed by atoms with Gasteiger partial charge in [0.05, 0.1) is 0 Å². The lowest BCUT2D eigenvalue weighted by atomic mass is 9.96. The predicted molar refractivity (Wildman–Crippen MR) is 74.6 cm³/mol. The molecule has 2 rings (SSSR count). The monoisotopic (exact) mass is 246 g/mol. The van der Waals surface area contributed by atoms with Crippen LogP contribution in [0.25, 0.3) is 0 Å². The van der Waals surface area contributed by atoms with Crippen molar-refractivity contribution in [3.63, 3.8) is 0 Å². The van der Waals surface area contributed by atoms with E-state index in [1.165, 1.54) is 5.56 Å². The number of anilines is 1. The van der Waals surface area contributed by atoms with Crippen LogP contribution < -0.4 is 10.6 Å². The molecule has 0 spiro atoms. The average Bonchev–Trinajstić information content (AvgIpc) is 2.38. The van der Waals surface area contributed by atoms with Gasteiger partial charge in [-0.1, -0.05) is 18.2 Å². The molecule has 0 saturated heterocycles. The van der Waals surface area contributed by atoms with E-state index in [-0.39, 0.29) is 5.91 Å². The molecule has 1 atom stereocenters. The van der Waals surface area contributed by atoms with E-state index in [1.54, 1.807) is 0 Å². The molecule has 1 unspecified atom stereocenters. The van der Waals surface area contributed by atoms with Gasteiger partial charge in [0.1, 0.15) is 0 Å². The summed E-state index contributed by atoms with van der Waals surface area (Å²) in [6.45, 7) is 2.80. The number of benzene rings is 1. The van der Waals surface area contributed by atoms with Gasteiger partial charge < -0.3 is 10.6 Å². The summed E-state index contributed by atoms with van der Waals surface area (Å²) in [4.78, 5) is 14.3. The first-order valence-electron chi connectivity index (χ1n) is 6.84. The Kier molecular flexibility index (Phi) is 4.37. The van der Waals surface area contributed by atoms with Gasteiger partial charge in [0.25, 0.3) is 0 Å². The predicted octanol–water partition coefficient (Wildman–Crippen LogP) is 2.48. The topological polar surface area (TPSA) is 46.3 Å². The molecule has 1 amide bonds. The van der Waals surface area contributed by atoms with Crippen LogP contribution in [0.5, 0.6) is 0 Å². The van der Waals surface area contributed by atoms with Crippen molar-refractivity contribution in [2.24, 2.45) is 5.73 Å². The Bertz CT molecular complexity index is 417. The highest BCUT2D eigenvalue weighted by atomic mass is 16.2. The number of rotatable bonds is 4. The van der Waals surface area contributed by atoms with Gasteiger partial charge in [0.15, 0.2) is 0 Å². The van der Waals surface area contributed by atoms with Crippen molar-refractivity contribution >= 4 is 11.6 Å². The minimum atomic E-state index is 0.239. The molecule has 98 valence electrons. The molecule has 0 saturated carbocycles. The fourth-order valence-electron chi connectivity index (χ4n) is 2.61. The Labute approximate surface area is 109 Å². The molecule has 1 aromatic rings. The zero-order valence-electron chi connectivity index (χ0n) is 11.1. The summed E-state index contributed by atoms with van der Waals surface area (Å²) in [5, 5.41) is 0. The Morgan fingerprint density at radius 1 is 1.39 bits per heavy atom. The molecular formula is C15H22N2O. The number of carbonyl (C=O) groups excluding carboxylic acids is 1. The molecule has 1 heterocycles. The maximum Gasteiger partial charge on any atom is 0.227 e. The number of amides is 1. The lowest BCUT2D eigenvalue weighted by molar-refractivity contribution is -0.119. The summed E-state index contributed by atoms with van der Waals surface area (Å²) in [6.07, 6.45) is 4.55. The van der Waals surface area contributed by atoms with Crippen molar-refractivity contribution in [2.75, 3.05) is 11.4 Å². The van der Waals surface area contributed by atoms with E-state index >= 15 is 0 Å². The summed E-state index contributed by atoms with van der Waals surface area (Å²) in [5.74, 6) is 0.239. The van der Waals surface area contributed by atoms with Gasteiger partial charge in [-0.25, -0.2) is 0 Å². The number of fused-ring (bicyclic) bond motifs is 1. The van der Waals surface area contributed by atoms with Gasteiger partial charge in [0, 0.05) is 18.2 Å². The van der Waals surface area contributed by atoms with Crippen LogP contribution in [0.1, 0.15) is 38.2 Å². The van der Waals surface area contributed by atoms with Crippen molar-refractivity contribution in [1.29, 1.82) is 0 Å². The lowest BCUT2D eigenvalue weighted by Crippen LogP contribution is -2.42. The summed E-state index contributed by atoms with van der Waals surface area (Å²) in [5.41, 5.74) is 7.87. The van der Waals surface area contributed by atoms with Gasteiger partial charge in [-0.05, 0) is 50.8 Å². The minimum Gasteiger partial charge on any atom is -0.330 e. The Morgan fingerprint density at radius 3 is 2.94 bits per heavy atom. The fourth-order valence-corrected chi connectivity index (χ4v) is 2.61. The number of nitrogens with zero attached hydrogens (tertiary/aromatic N) is 1. The smallest absolute Gasteiger partial charge is 0.227 e. The number of nitrogens with two attached hydrogens (primary N) is 1. The SMILES string of the molecule is CC1CCc2ccccc2N1C(=O)CCCCN. The van der Waals surface area contributed by atoms with E-state index in [9.17, 15) is 4.79 Å². The Morgan fingerprint density at radius 2 is 2.17 bits per heavy atom. The van der Waals surface area contributed by atoms with Crippen molar-refractivity contribution in [3.8, 4) is 0 Å². The van der Waals surface area contributed by atoms with Crippen LogP contribution >= 0.6 is 0 Å². The molecule has 1 aliphatic heterocycles. The fraction of sp³-hybridized carbons (Fsp3) is 0.533. The van der Waals surface area contributed by atoms with E-state index < -0.39 is 0 Å². The van der Waals surface area contributed by atoms with E-state index in [0.717, 1.165) is 31.4 Å². The average molecular weight is 246 g/mol. The second-order valence-corrected chi connectivity index (χ2v) is 5.03. The largest absolute Gasteiger partial charge is 0.330 e. The van der Waals surface area contributed by atoms with Crippen LogP contribution in [0.3, 0.4) is 0 Å². The standard InChI is InChI=1S/C15H22N2O/c1-12-9-10-13-6-2-3-7-14(13)17(12)15(18)8-4-5-11-16/h2-3,6-7,12H,4-5,8-11,16H2,1H3.